The largest absolute Gasteiger partial charge is 0.324 e. The van der Waals surface area contributed by atoms with Crippen molar-refractivity contribution in [2.24, 2.45) is 5.41 Å². The van der Waals surface area contributed by atoms with Crippen LogP contribution in [0.1, 0.15) is 56.7 Å². The van der Waals surface area contributed by atoms with Gasteiger partial charge in [0, 0.05) is 12.1 Å². The van der Waals surface area contributed by atoms with E-state index in [1.165, 1.54) is 5.56 Å². The molecule has 0 aromatic carbocycles. The molecule has 90 valence electrons. The van der Waals surface area contributed by atoms with Gasteiger partial charge in [0.2, 0.25) is 5.91 Å². The molecule has 17 heavy (non-hydrogen) atoms. The minimum absolute atomic E-state index is 0.140. The summed E-state index contributed by atoms with van der Waals surface area (Å²) in [6.45, 7) is 6.37. The SMILES string of the molecule is CC[C@@]12C[C@@H]1c1ncc(C(C)C)cc1NC2=O. The molecule has 2 heterocycles. The lowest BCUT2D eigenvalue weighted by atomic mass is 9.92. The summed E-state index contributed by atoms with van der Waals surface area (Å²) in [6, 6.07) is 2.09. The van der Waals surface area contributed by atoms with Crippen molar-refractivity contribution in [1.82, 2.24) is 4.98 Å². The Morgan fingerprint density at radius 3 is 3.00 bits per heavy atom. The van der Waals surface area contributed by atoms with E-state index in [-0.39, 0.29) is 11.3 Å². The first-order valence-electron chi connectivity index (χ1n) is 6.40. The van der Waals surface area contributed by atoms with Crippen molar-refractivity contribution in [1.29, 1.82) is 0 Å². The number of pyridine rings is 1. The molecule has 0 unspecified atom stereocenters. The Bertz CT molecular complexity index is 495. The maximum atomic E-state index is 12.1. The third-order valence-corrected chi connectivity index (χ3v) is 4.34. The molecule has 3 nitrogen and oxygen atoms in total. The van der Waals surface area contributed by atoms with E-state index in [1.54, 1.807) is 0 Å². The summed E-state index contributed by atoms with van der Waals surface area (Å²) >= 11 is 0. The second-order valence-corrected chi connectivity index (χ2v) is 5.58. The van der Waals surface area contributed by atoms with Gasteiger partial charge in [0.05, 0.1) is 16.8 Å². The summed E-state index contributed by atoms with van der Waals surface area (Å²) in [4.78, 5) is 16.7. The average molecular weight is 230 g/mol. The maximum Gasteiger partial charge on any atom is 0.231 e. The van der Waals surface area contributed by atoms with Crippen molar-refractivity contribution in [3.63, 3.8) is 0 Å². The predicted octanol–water partition coefficient (Wildman–Crippen LogP) is 3.04. The fourth-order valence-corrected chi connectivity index (χ4v) is 2.90. The molecule has 1 saturated carbocycles. The topological polar surface area (TPSA) is 42.0 Å². The van der Waals surface area contributed by atoms with Crippen LogP contribution < -0.4 is 5.32 Å². The molecule has 2 aliphatic rings. The first-order valence-corrected chi connectivity index (χ1v) is 6.40. The van der Waals surface area contributed by atoms with E-state index in [2.05, 4.69) is 37.1 Å². The zero-order chi connectivity index (χ0) is 12.2. The van der Waals surface area contributed by atoms with Crippen molar-refractivity contribution in [2.45, 2.75) is 45.4 Å². The van der Waals surface area contributed by atoms with Gasteiger partial charge in [-0.1, -0.05) is 20.8 Å². The van der Waals surface area contributed by atoms with Crippen LogP contribution in [0.5, 0.6) is 0 Å². The van der Waals surface area contributed by atoms with Crippen LogP contribution in [-0.2, 0) is 4.79 Å². The number of hydrogen-bond donors (Lipinski definition) is 1. The zero-order valence-electron chi connectivity index (χ0n) is 10.6. The van der Waals surface area contributed by atoms with Gasteiger partial charge in [-0.25, -0.2) is 0 Å². The molecule has 1 aromatic heterocycles. The van der Waals surface area contributed by atoms with Crippen LogP contribution in [0.3, 0.4) is 0 Å². The number of amides is 1. The molecule has 1 N–H and O–H groups in total. The number of aromatic nitrogens is 1. The van der Waals surface area contributed by atoms with Gasteiger partial charge in [-0.15, -0.1) is 0 Å². The zero-order valence-corrected chi connectivity index (χ0v) is 10.6. The van der Waals surface area contributed by atoms with Crippen LogP contribution in [0.25, 0.3) is 0 Å². The lowest BCUT2D eigenvalue weighted by Crippen LogP contribution is -2.29. The molecule has 0 bridgehead atoms. The Morgan fingerprint density at radius 1 is 1.59 bits per heavy atom. The fourth-order valence-electron chi connectivity index (χ4n) is 2.90. The second kappa shape index (κ2) is 3.31. The Morgan fingerprint density at radius 2 is 2.35 bits per heavy atom. The van der Waals surface area contributed by atoms with Crippen molar-refractivity contribution in [3.8, 4) is 0 Å². The third-order valence-electron chi connectivity index (χ3n) is 4.34. The summed E-state index contributed by atoms with van der Waals surface area (Å²) in [7, 11) is 0. The molecule has 2 atom stereocenters. The van der Waals surface area contributed by atoms with Crippen LogP contribution in [-0.4, -0.2) is 10.9 Å². The predicted molar refractivity (Wildman–Crippen MR) is 67.0 cm³/mol. The lowest BCUT2D eigenvalue weighted by molar-refractivity contribution is -0.121. The highest BCUT2D eigenvalue weighted by Gasteiger charge is 2.62. The van der Waals surface area contributed by atoms with Gasteiger partial charge < -0.3 is 5.32 Å². The van der Waals surface area contributed by atoms with Crippen LogP contribution >= 0.6 is 0 Å². The summed E-state index contributed by atoms with van der Waals surface area (Å²) < 4.78 is 0. The first kappa shape index (κ1) is 10.8. The number of nitrogens with one attached hydrogen (secondary N) is 1. The Hall–Kier alpha value is -1.38. The molecule has 1 aliphatic heterocycles. The molecule has 0 spiro atoms. The number of carbonyl (C=O) groups is 1. The number of fused-ring (bicyclic) bond motifs is 3. The van der Waals surface area contributed by atoms with Gasteiger partial charge >= 0.3 is 0 Å². The van der Waals surface area contributed by atoms with Crippen LogP contribution in [0.15, 0.2) is 12.3 Å². The molecule has 3 heteroatoms. The van der Waals surface area contributed by atoms with Gasteiger partial charge in [0.25, 0.3) is 0 Å². The summed E-state index contributed by atoms with van der Waals surface area (Å²) in [5, 5.41) is 3.04. The summed E-state index contributed by atoms with van der Waals surface area (Å²) in [6.07, 6.45) is 3.84. The van der Waals surface area contributed by atoms with Gasteiger partial charge in [-0.3, -0.25) is 9.78 Å². The lowest BCUT2D eigenvalue weighted by Gasteiger charge is -2.23. The monoisotopic (exact) mass is 230 g/mol. The number of carbonyl (C=O) groups excluding carboxylic acids is 1. The van der Waals surface area contributed by atoms with Gasteiger partial charge in [-0.05, 0) is 30.4 Å². The second-order valence-electron chi connectivity index (χ2n) is 5.58. The minimum atomic E-state index is -0.140. The van der Waals surface area contributed by atoms with Crippen molar-refractivity contribution in [3.05, 3.63) is 23.5 Å². The van der Waals surface area contributed by atoms with Gasteiger partial charge in [0.1, 0.15) is 0 Å². The molecule has 0 radical (unpaired) electrons. The van der Waals surface area contributed by atoms with Crippen molar-refractivity contribution < 1.29 is 4.79 Å². The maximum absolute atomic E-state index is 12.1. The number of anilines is 1. The Balaban J connectivity index is 2.03. The average Bonchev–Trinajstić information content (AvgIpc) is 3.05. The van der Waals surface area contributed by atoms with E-state index in [4.69, 9.17) is 0 Å². The van der Waals surface area contributed by atoms with Crippen molar-refractivity contribution in [2.75, 3.05) is 5.32 Å². The van der Waals surface area contributed by atoms with Crippen LogP contribution in [0.2, 0.25) is 0 Å². The highest BCUT2D eigenvalue weighted by molar-refractivity contribution is 6.02. The molecular weight excluding hydrogens is 212 g/mol. The van der Waals surface area contributed by atoms with Crippen LogP contribution in [0, 0.1) is 5.41 Å². The third kappa shape index (κ3) is 1.34. The highest BCUT2D eigenvalue weighted by Crippen LogP contribution is 2.64. The smallest absolute Gasteiger partial charge is 0.231 e. The molecule has 1 aliphatic carbocycles. The number of nitrogens with zero attached hydrogens (tertiary/aromatic N) is 1. The standard InChI is InChI=1S/C14H18N2O/c1-4-14-6-10(14)12-11(16-13(14)17)5-9(7-15-12)8(2)3/h5,7-8,10H,4,6H2,1-3H3,(H,16,17)/t10-,14-/m1/s1. The highest BCUT2D eigenvalue weighted by atomic mass is 16.2. The van der Waals surface area contributed by atoms with E-state index >= 15 is 0 Å². The Labute approximate surface area is 102 Å². The van der Waals surface area contributed by atoms with Gasteiger partial charge in [-0.2, -0.15) is 0 Å². The van der Waals surface area contributed by atoms with Crippen molar-refractivity contribution >= 4 is 11.6 Å². The van der Waals surface area contributed by atoms with E-state index in [0.29, 0.717) is 11.8 Å². The molecule has 1 amide bonds. The molecule has 1 aromatic rings. The first-order chi connectivity index (χ1) is 8.08. The Kier molecular flexibility index (Phi) is 2.09. The summed E-state index contributed by atoms with van der Waals surface area (Å²) in [5.74, 6) is 0.999. The quantitative estimate of drug-likeness (QED) is 0.848. The molecule has 1 fully saturated rings. The summed E-state index contributed by atoms with van der Waals surface area (Å²) in [5.41, 5.74) is 3.08. The number of rotatable bonds is 2. The van der Waals surface area contributed by atoms with Crippen LogP contribution in [0.4, 0.5) is 5.69 Å². The molecule has 3 rings (SSSR count). The molecular formula is C14H18N2O. The molecule has 0 saturated heterocycles. The van der Waals surface area contributed by atoms with E-state index < -0.39 is 0 Å². The van der Waals surface area contributed by atoms with Gasteiger partial charge in [0.15, 0.2) is 0 Å². The normalized spacial score (nSPS) is 29.6. The van der Waals surface area contributed by atoms with E-state index in [0.717, 1.165) is 24.2 Å². The fraction of sp³-hybridized carbons (Fsp3) is 0.571. The van der Waals surface area contributed by atoms with E-state index in [1.807, 2.05) is 6.20 Å². The number of hydrogen-bond acceptors (Lipinski definition) is 2. The van der Waals surface area contributed by atoms with E-state index in [9.17, 15) is 4.79 Å². The minimum Gasteiger partial charge on any atom is -0.324 e.